The first-order valence-electron chi connectivity index (χ1n) is 7.70. The summed E-state index contributed by atoms with van der Waals surface area (Å²) in [6.07, 6.45) is 3.71. The molecule has 1 aromatic heterocycles. The van der Waals surface area contributed by atoms with E-state index in [9.17, 15) is 4.79 Å². The lowest BCUT2D eigenvalue weighted by atomic mass is 10.2. The van der Waals surface area contributed by atoms with Gasteiger partial charge in [-0.3, -0.25) is 4.79 Å². The van der Waals surface area contributed by atoms with Gasteiger partial charge in [0.25, 0.3) is 5.91 Å². The van der Waals surface area contributed by atoms with E-state index in [1.165, 1.54) is 5.56 Å². The van der Waals surface area contributed by atoms with Crippen molar-refractivity contribution in [1.29, 1.82) is 0 Å². The Hall–Kier alpha value is -2.36. The van der Waals surface area contributed by atoms with E-state index in [1.807, 2.05) is 37.4 Å². The predicted molar refractivity (Wildman–Crippen MR) is 90.0 cm³/mol. The van der Waals surface area contributed by atoms with Crippen LogP contribution in [0.3, 0.4) is 0 Å². The fourth-order valence-electron chi connectivity index (χ4n) is 2.17. The fraction of sp³-hybridized carbons (Fsp3) is 0.333. The van der Waals surface area contributed by atoms with Gasteiger partial charge in [0.2, 0.25) is 0 Å². The van der Waals surface area contributed by atoms with Crippen molar-refractivity contribution in [1.82, 2.24) is 10.3 Å². The third-order valence-corrected chi connectivity index (χ3v) is 3.48. The lowest BCUT2D eigenvalue weighted by Gasteiger charge is -2.18. The van der Waals surface area contributed by atoms with Gasteiger partial charge in [0.15, 0.2) is 0 Å². The van der Waals surface area contributed by atoms with E-state index >= 15 is 0 Å². The third-order valence-electron chi connectivity index (χ3n) is 3.48. The molecule has 1 N–H and O–H groups in total. The van der Waals surface area contributed by atoms with Crippen molar-refractivity contribution in [3.8, 4) is 0 Å². The van der Waals surface area contributed by atoms with Gasteiger partial charge in [-0.2, -0.15) is 0 Å². The topological polar surface area (TPSA) is 45.2 Å². The number of anilines is 1. The molecular formula is C18H23N3O. The van der Waals surface area contributed by atoms with E-state index in [2.05, 4.69) is 34.3 Å². The number of unbranched alkanes of at least 4 members (excludes halogenated alkanes) is 1. The van der Waals surface area contributed by atoms with Crippen molar-refractivity contribution in [2.24, 2.45) is 0 Å². The van der Waals surface area contributed by atoms with Crippen LogP contribution in [0.25, 0.3) is 0 Å². The summed E-state index contributed by atoms with van der Waals surface area (Å²) < 4.78 is 0. The van der Waals surface area contributed by atoms with Crippen LogP contribution in [0.4, 0.5) is 5.82 Å². The zero-order chi connectivity index (χ0) is 15.8. The van der Waals surface area contributed by atoms with E-state index in [1.54, 1.807) is 6.20 Å². The van der Waals surface area contributed by atoms with Gasteiger partial charge in [-0.1, -0.05) is 43.7 Å². The monoisotopic (exact) mass is 297 g/mol. The molecule has 1 aromatic carbocycles. The predicted octanol–water partition coefficient (Wildman–Crippen LogP) is 3.25. The van der Waals surface area contributed by atoms with Gasteiger partial charge >= 0.3 is 0 Å². The molecule has 116 valence electrons. The maximum absolute atomic E-state index is 11.9. The number of hydrogen-bond donors (Lipinski definition) is 1. The van der Waals surface area contributed by atoms with Crippen LogP contribution in [-0.2, 0) is 6.54 Å². The number of nitrogens with one attached hydrogen (secondary N) is 1. The van der Waals surface area contributed by atoms with Crippen LogP contribution in [0.2, 0.25) is 0 Å². The van der Waals surface area contributed by atoms with Crippen LogP contribution < -0.4 is 10.2 Å². The van der Waals surface area contributed by atoms with Crippen molar-refractivity contribution in [3.05, 3.63) is 59.8 Å². The van der Waals surface area contributed by atoms with Crippen LogP contribution in [-0.4, -0.2) is 24.5 Å². The maximum Gasteiger partial charge on any atom is 0.252 e. The first-order chi connectivity index (χ1) is 10.7. The molecule has 0 atom stereocenters. The lowest BCUT2D eigenvalue weighted by molar-refractivity contribution is 0.0953. The summed E-state index contributed by atoms with van der Waals surface area (Å²) in [5, 5.41) is 2.90. The molecule has 0 unspecified atom stereocenters. The van der Waals surface area contributed by atoms with Crippen LogP contribution in [0.1, 0.15) is 35.7 Å². The second kappa shape index (κ2) is 8.17. The molecule has 0 fully saturated rings. The fourth-order valence-corrected chi connectivity index (χ4v) is 2.17. The Bertz CT molecular complexity index is 581. The van der Waals surface area contributed by atoms with Gasteiger partial charge in [-0.15, -0.1) is 0 Å². The van der Waals surface area contributed by atoms with Crippen molar-refractivity contribution in [2.45, 2.75) is 26.3 Å². The highest BCUT2D eigenvalue weighted by molar-refractivity contribution is 5.94. The summed E-state index contributed by atoms with van der Waals surface area (Å²) in [4.78, 5) is 18.4. The Morgan fingerprint density at radius 1 is 1.18 bits per heavy atom. The zero-order valence-corrected chi connectivity index (χ0v) is 13.2. The second-order valence-corrected chi connectivity index (χ2v) is 5.36. The van der Waals surface area contributed by atoms with Crippen LogP contribution in [0, 0.1) is 0 Å². The molecule has 0 aliphatic heterocycles. The molecule has 0 aliphatic rings. The quantitative estimate of drug-likeness (QED) is 0.798. The van der Waals surface area contributed by atoms with Crippen LogP contribution in [0.5, 0.6) is 0 Å². The van der Waals surface area contributed by atoms with Gasteiger partial charge in [0.05, 0.1) is 5.56 Å². The minimum absolute atomic E-state index is 0.0572. The highest BCUT2D eigenvalue weighted by atomic mass is 16.1. The number of benzene rings is 1. The first-order valence-corrected chi connectivity index (χ1v) is 7.70. The molecule has 2 aromatic rings. The summed E-state index contributed by atoms with van der Waals surface area (Å²) in [5.41, 5.74) is 1.83. The molecule has 22 heavy (non-hydrogen) atoms. The van der Waals surface area contributed by atoms with E-state index in [0.29, 0.717) is 12.1 Å². The molecule has 1 heterocycles. The van der Waals surface area contributed by atoms with Crippen molar-refractivity contribution < 1.29 is 4.79 Å². The number of rotatable bonds is 7. The molecule has 0 aliphatic carbocycles. The van der Waals surface area contributed by atoms with Gasteiger partial charge < -0.3 is 10.2 Å². The SMILES string of the molecule is CCCCNC(=O)c1ccc(N(C)Cc2ccccc2)nc1. The largest absolute Gasteiger partial charge is 0.355 e. The Kier molecular flexibility index (Phi) is 5.95. The molecule has 0 saturated carbocycles. The maximum atomic E-state index is 11.9. The number of hydrogen-bond acceptors (Lipinski definition) is 3. The van der Waals surface area contributed by atoms with Crippen LogP contribution in [0.15, 0.2) is 48.7 Å². The van der Waals surface area contributed by atoms with E-state index in [0.717, 1.165) is 25.2 Å². The number of carbonyl (C=O) groups excluding carboxylic acids is 1. The Morgan fingerprint density at radius 2 is 1.95 bits per heavy atom. The molecule has 0 saturated heterocycles. The number of aromatic nitrogens is 1. The average Bonchev–Trinajstić information content (AvgIpc) is 2.56. The van der Waals surface area contributed by atoms with Crippen molar-refractivity contribution in [2.75, 3.05) is 18.5 Å². The minimum Gasteiger partial charge on any atom is -0.355 e. The Morgan fingerprint density at radius 3 is 2.59 bits per heavy atom. The third kappa shape index (κ3) is 4.58. The highest BCUT2D eigenvalue weighted by Crippen LogP contribution is 2.13. The van der Waals surface area contributed by atoms with Gasteiger partial charge in [-0.05, 0) is 24.1 Å². The van der Waals surface area contributed by atoms with Gasteiger partial charge in [0.1, 0.15) is 5.82 Å². The first kappa shape index (κ1) is 16.0. The molecular weight excluding hydrogens is 274 g/mol. The van der Waals surface area contributed by atoms with E-state index in [-0.39, 0.29) is 5.91 Å². The molecule has 2 rings (SSSR count). The molecule has 0 bridgehead atoms. The van der Waals surface area contributed by atoms with E-state index in [4.69, 9.17) is 0 Å². The summed E-state index contributed by atoms with van der Waals surface area (Å²) in [5.74, 6) is 0.798. The summed E-state index contributed by atoms with van der Waals surface area (Å²) in [6, 6.07) is 14.0. The van der Waals surface area contributed by atoms with Gasteiger partial charge in [0, 0.05) is 26.3 Å². The molecule has 4 nitrogen and oxygen atoms in total. The molecule has 0 radical (unpaired) electrons. The molecule has 4 heteroatoms. The minimum atomic E-state index is -0.0572. The second-order valence-electron chi connectivity index (χ2n) is 5.36. The number of pyridine rings is 1. The normalized spacial score (nSPS) is 10.3. The average molecular weight is 297 g/mol. The number of carbonyl (C=O) groups is 1. The summed E-state index contributed by atoms with van der Waals surface area (Å²) in [6.45, 7) is 3.60. The standard InChI is InChI=1S/C18H23N3O/c1-3-4-12-19-18(22)16-10-11-17(20-13-16)21(2)14-15-8-6-5-7-9-15/h5-11,13H,3-4,12,14H2,1-2H3,(H,19,22). The summed E-state index contributed by atoms with van der Waals surface area (Å²) >= 11 is 0. The summed E-state index contributed by atoms with van der Waals surface area (Å²) in [7, 11) is 2.00. The van der Waals surface area contributed by atoms with Crippen molar-refractivity contribution in [3.63, 3.8) is 0 Å². The molecule has 1 amide bonds. The van der Waals surface area contributed by atoms with Crippen LogP contribution >= 0.6 is 0 Å². The molecule has 0 spiro atoms. The lowest BCUT2D eigenvalue weighted by Crippen LogP contribution is -2.24. The van der Waals surface area contributed by atoms with Crippen molar-refractivity contribution >= 4 is 11.7 Å². The number of amides is 1. The highest BCUT2D eigenvalue weighted by Gasteiger charge is 2.07. The Labute approximate surface area is 132 Å². The Balaban J connectivity index is 1.94. The van der Waals surface area contributed by atoms with E-state index < -0.39 is 0 Å². The smallest absolute Gasteiger partial charge is 0.252 e. The number of nitrogens with zero attached hydrogens (tertiary/aromatic N) is 2. The van der Waals surface area contributed by atoms with Gasteiger partial charge in [-0.25, -0.2) is 4.98 Å². The zero-order valence-electron chi connectivity index (χ0n) is 13.2.